The van der Waals surface area contributed by atoms with Gasteiger partial charge in [0.05, 0.1) is 19.5 Å². The summed E-state index contributed by atoms with van der Waals surface area (Å²) < 4.78 is 29.3. The van der Waals surface area contributed by atoms with E-state index in [-0.39, 0.29) is 18.7 Å². The van der Waals surface area contributed by atoms with E-state index in [1.165, 1.54) is 0 Å². The maximum atomic E-state index is 12.8. The summed E-state index contributed by atoms with van der Waals surface area (Å²) in [7, 11) is 0. The second-order valence-electron chi connectivity index (χ2n) is 5.44. The highest BCUT2D eigenvalue weighted by molar-refractivity contribution is 5.76. The van der Waals surface area contributed by atoms with Crippen LogP contribution in [-0.2, 0) is 4.74 Å². The molecule has 0 spiro atoms. The molecule has 0 saturated carbocycles. The Bertz CT molecular complexity index is 770. The lowest BCUT2D eigenvalue weighted by Gasteiger charge is -2.24. The Morgan fingerprint density at radius 2 is 2.24 bits per heavy atom. The minimum absolute atomic E-state index is 0.0766. The van der Waals surface area contributed by atoms with E-state index in [0.29, 0.717) is 42.4 Å². The number of carbonyl (C=O) groups is 1. The predicted molar refractivity (Wildman–Crippen MR) is 87.8 cm³/mol. The first-order chi connectivity index (χ1) is 12.2. The molecule has 0 bridgehead atoms. The summed E-state index contributed by atoms with van der Waals surface area (Å²) in [6, 6.07) is 5.67. The molecular formula is C16H18FN3O5. The number of aromatic nitrogens is 1. The molecular weight excluding hydrogens is 333 g/mol. The largest absolute Gasteiger partial charge is 0.489 e. The minimum atomic E-state index is -1.22. The fourth-order valence-corrected chi connectivity index (χ4v) is 2.36. The van der Waals surface area contributed by atoms with Gasteiger partial charge in [0.15, 0.2) is 5.58 Å². The number of rotatable bonds is 6. The van der Waals surface area contributed by atoms with Crippen molar-refractivity contribution in [2.24, 2.45) is 0 Å². The van der Waals surface area contributed by atoms with Crippen LogP contribution in [0.15, 0.2) is 34.5 Å². The Morgan fingerprint density at radius 3 is 2.96 bits per heavy atom. The summed E-state index contributed by atoms with van der Waals surface area (Å²) in [5.41, 5.74) is 1.44. The Balaban J connectivity index is 1.65. The third-order valence-corrected chi connectivity index (χ3v) is 3.68. The summed E-state index contributed by atoms with van der Waals surface area (Å²) >= 11 is 0. The summed E-state index contributed by atoms with van der Waals surface area (Å²) in [5, 5.41) is 10.6. The van der Waals surface area contributed by atoms with Gasteiger partial charge in [0.25, 0.3) is 6.01 Å². The molecule has 0 unspecified atom stereocenters. The van der Waals surface area contributed by atoms with Crippen LogP contribution < -0.4 is 15.0 Å². The monoisotopic (exact) mass is 351 g/mol. The average Bonchev–Trinajstić information content (AvgIpc) is 3.06. The van der Waals surface area contributed by atoms with Crippen molar-refractivity contribution < 1.29 is 28.2 Å². The highest BCUT2D eigenvalue weighted by Gasteiger charge is 2.17. The van der Waals surface area contributed by atoms with Crippen molar-refractivity contribution in [3.05, 3.63) is 30.1 Å². The van der Waals surface area contributed by atoms with Crippen molar-refractivity contribution in [2.75, 3.05) is 44.4 Å². The molecule has 134 valence electrons. The molecule has 0 atom stereocenters. The number of nitrogens with one attached hydrogen (secondary N) is 1. The predicted octanol–water partition coefficient (Wildman–Crippen LogP) is 2.16. The standard InChI is InChI=1S/C16H18FN3O5/c17-8-11(9-18-16(21)22)10-24-12-1-2-13-14(7-12)25-15(19-13)20-3-5-23-6-4-20/h1-2,7-8,18H,3-6,9-10H2,(H,21,22)/b11-8-. The average molecular weight is 351 g/mol. The van der Waals surface area contributed by atoms with E-state index in [9.17, 15) is 9.18 Å². The second-order valence-corrected chi connectivity index (χ2v) is 5.44. The van der Waals surface area contributed by atoms with Crippen LogP contribution in [0, 0.1) is 0 Å². The molecule has 1 saturated heterocycles. The fraction of sp³-hybridized carbons (Fsp3) is 0.375. The molecule has 1 aromatic heterocycles. The van der Waals surface area contributed by atoms with E-state index in [2.05, 4.69) is 10.3 Å². The maximum absolute atomic E-state index is 12.8. The van der Waals surface area contributed by atoms with Crippen LogP contribution in [-0.4, -0.2) is 55.6 Å². The highest BCUT2D eigenvalue weighted by atomic mass is 19.1. The van der Waals surface area contributed by atoms with Crippen molar-refractivity contribution >= 4 is 23.2 Å². The zero-order chi connectivity index (χ0) is 17.6. The Hall–Kier alpha value is -2.81. The lowest BCUT2D eigenvalue weighted by atomic mass is 10.3. The lowest BCUT2D eigenvalue weighted by Crippen LogP contribution is -2.36. The second kappa shape index (κ2) is 7.84. The van der Waals surface area contributed by atoms with Crippen molar-refractivity contribution in [3.8, 4) is 5.75 Å². The Labute approximate surface area is 142 Å². The fourth-order valence-electron chi connectivity index (χ4n) is 2.36. The number of hydrogen-bond donors (Lipinski definition) is 2. The molecule has 9 heteroatoms. The summed E-state index contributed by atoms with van der Waals surface area (Å²) in [6.07, 6.45) is -0.891. The first kappa shape index (κ1) is 17.0. The van der Waals surface area contributed by atoms with E-state index in [1.807, 2.05) is 4.90 Å². The van der Waals surface area contributed by atoms with Crippen LogP contribution in [0.2, 0.25) is 0 Å². The normalized spacial score (nSPS) is 15.4. The van der Waals surface area contributed by atoms with Gasteiger partial charge in [0, 0.05) is 31.3 Å². The van der Waals surface area contributed by atoms with Crippen LogP contribution in [0.5, 0.6) is 5.75 Å². The third-order valence-electron chi connectivity index (χ3n) is 3.68. The van der Waals surface area contributed by atoms with E-state index in [1.54, 1.807) is 18.2 Å². The van der Waals surface area contributed by atoms with Crippen molar-refractivity contribution in [1.82, 2.24) is 10.3 Å². The number of nitrogens with zero attached hydrogens (tertiary/aromatic N) is 2. The van der Waals surface area contributed by atoms with Gasteiger partial charge in [-0.25, -0.2) is 9.18 Å². The zero-order valence-corrected chi connectivity index (χ0v) is 13.4. The van der Waals surface area contributed by atoms with Crippen LogP contribution in [0.3, 0.4) is 0 Å². The van der Waals surface area contributed by atoms with Crippen LogP contribution >= 0.6 is 0 Å². The van der Waals surface area contributed by atoms with E-state index >= 15 is 0 Å². The third kappa shape index (κ3) is 4.38. The molecule has 2 heterocycles. The van der Waals surface area contributed by atoms with E-state index in [4.69, 9.17) is 19.0 Å². The maximum Gasteiger partial charge on any atom is 0.404 e. The van der Waals surface area contributed by atoms with Gasteiger partial charge >= 0.3 is 6.09 Å². The number of hydrogen-bond acceptors (Lipinski definition) is 6. The van der Waals surface area contributed by atoms with E-state index in [0.717, 1.165) is 13.1 Å². The summed E-state index contributed by atoms with van der Waals surface area (Å²) in [6.45, 7) is 2.49. The van der Waals surface area contributed by atoms with Gasteiger partial charge in [0.1, 0.15) is 17.9 Å². The van der Waals surface area contributed by atoms with Gasteiger partial charge in [-0.2, -0.15) is 4.98 Å². The van der Waals surface area contributed by atoms with Crippen LogP contribution in [0.1, 0.15) is 0 Å². The number of ether oxygens (including phenoxy) is 2. The molecule has 0 aliphatic carbocycles. The molecule has 2 aromatic rings. The zero-order valence-electron chi connectivity index (χ0n) is 13.4. The van der Waals surface area contributed by atoms with Gasteiger partial charge in [0.2, 0.25) is 0 Å². The number of morpholine rings is 1. The molecule has 1 aliphatic rings. The molecule has 1 fully saturated rings. The number of benzene rings is 1. The molecule has 0 radical (unpaired) electrons. The Morgan fingerprint density at radius 1 is 1.44 bits per heavy atom. The molecule has 8 nitrogen and oxygen atoms in total. The van der Waals surface area contributed by atoms with Gasteiger partial charge < -0.3 is 29.2 Å². The quantitative estimate of drug-likeness (QED) is 0.823. The van der Waals surface area contributed by atoms with Gasteiger partial charge in [-0.3, -0.25) is 0 Å². The molecule has 1 amide bonds. The number of carboxylic acid groups (broad SMARTS) is 1. The first-order valence-electron chi connectivity index (χ1n) is 7.76. The molecule has 3 rings (SSSR count). The number of anilines is 1. The molecule has 2 N–H and O–H groups in total. The van der Waals surface area contributed by atoms with Gasteiger partial charge in [-0.1, -0.05) is 0 Å². The number of halogens is 1. The lowest BCUT2D eigenvalue weighted by molar-refractivity contribution is 0.120. The van der Waals surface area contributed by atoms with Crippen molar-refractivity contribution in [3.63, 3.8) is 0 Å². The number of fused-ring (bicyclic) bond motifs is 1. The summed E-state index contributed by atoms with van der Waals surface area (Å²) in [5.74, 6) is 0.479. The summed E-state index contributed by atoms with van der Waals surface area (Å²) in [4.78, 5) is 16.9. The smallest absolute Gasteiger partial charge is 0.404 e. The van der Waals surface area contributed by atoms with Crippen LogP contribution in [0.4, 0.5) is 15.2 Å². The van der Waals surface area contributed by atoms with E-state index < -0.39 is 6.09 Å². The van der Waals surface area contributed by atoms with Crippen LogP contribution in [0.25, 0.3) is 11.1 Å². The molecule has 25 heavy (non-hydrogen) atoms. The Kier molecular flexibility index (Phi) is 5.34. The van der Waals surface area contributed by atoms with Gasteiger partial charge in [-0.05, 0) is 12.1 Å². The highest BCUT2D eigenvalue weighted by Crippen LogP contribution is 2.26. The van der Waals surface area contributed by atoms with Gasteiger partial charge in [-0.15, -0.1) is 0 Å². The topological polar surface area (TPSA) is 97.1 Å². The minimum Gasteiger partial charge on any atom is -0.489 e. The SMILES string of the molecule is O=C(O)NC/C(=C/F)COc1ccc2nc(N3CCOCC3)oc2c1. The number of amides is 1. The first-order valence-corrected chi connectivity index (χ1v) is 7.76. The van der Waals surface area contributed by atoms with Crippen molar-refractivity contribution in [2.45, 2.75) is 0 Å². The van der Waals surface area contributed by atoms with Crippen molar-refractivity contribution in [1.29, 1.82) is 0 Å². The molecule has 1 aliphatic heterocycles. The number of oxazole rings is 1. The molecule has 1 aromatic carbocycles.